The molecule has 2 aromatic rings. The van der Waals surface area contributed by atoms with Gasteiger partial charge >= 0.3 is 0 Å². The zero-order valence-corrected chi connectivity index (χ0v) is 11.9. The van der Waals surface area contributed by atoms with Crippen molar-refractivity contribution in [3.05, 3.63) is 63.9 Å². The second kappa shape index (κ2) is 5.12. The van der Waals surface area contributed by atoms with E-state index in [1.165, 1.54) is 5.56 Å². The largest absolute Gasteiger partial charge is 0.315 e. The Morgan fingerprint density at radius 2 is 1.89 bits per heavy atom. The van der Waals surface area contributed by atoms with Crippen molar-refractivity contribution in [1.82, 2.24) is 10.3 Å². The van der Waals surface area contributed by atoms with Gasteiger partial charge in [-0.2, -0.15) is 0 Å². The fraction of sp³-hybridized carbons (Fsp3) is 0.267. The summed E-state index contributed by atoms with van der Waals surface area (Å²) in [5.74, 6) is 0. The Morgan fingerprint density at radius 1 is 1.11 bits per heavy atom. The van der Waals surface area contributed by atoms with Crippen LogP contribution in [0.15, 0.2) is 42.7 Å². The second-order valence-corrected chi connectivity index (χ2v) is 5.82. The molecule has 1 N–H and O–H groups in total. The van der Waals surface area contributed by atoms with Crippen molar-refractivity contribution in [3.8, 4) is 0 Å². The summed E-state index contributed by atoms with van der Waals surface area (Å²) in [4.78, 5) is 4.04. The third-order valence-corrected chi connectivity index (χ3v) is 4.43. The number of nitrogens with zero attached hydrogens (tertiary/aromatic N) is 1. The van der Waals surface area contributed by atoms with Crippen molar-refractivity contribution in [1.29, 1.82) is 0 Å². The molecular weight excluding hydrogens is 279 g/mol. The molecule has 3 rings (SSSR count). The molecule has 0 bridgehead atoms. The predicted molar refractivity (Wildman–Crippen MR) is 79.0 cm³/mol. The van der Waals surface area contributed by atoms with Crippen molar-refractivity contribution in [2.45, 2.75) is 11.8 Å². The topological polar surface area (TPSA) is 24.9 Å². The van der Waals surface area contributed by atoms with Crippen LogP contribution in [0.25, 0.3) is 0 Å². The Balaban J connectivity index is 1.97. The highest BCUT2D eigenvalue weighted by molar-refractivity contribution is 6.31. The summed E-state index contributed by atoms with van der Waals surface area (Å²) in [7, 11) is 0. The molecule has 1 saturated heterocycles. The van der Waals surface area contributed by atoms with E-state index in [-0.39, 0.29) is 5.41 Å². The van der Waals surface area contributed by atoms with Crippen molar-refractivity contribution < 1.29 is 0 Å². The molecule has 0 radical (unpaired) electrons. The lowest BCUT2D eigenvalue weighted by Crippen LogP contribution is -2.58. The summed E-state index contributed by atoms with van der Waals surface area (Å²) < 4.78 is 0. The Hall–Kier alpha value is -1.09. The van der Waals surface area contributed by atoms with Crippen LogP contribution in [0.2, 0.25) is 10.0 Å². The third kappa shape index (κ3) is 2.36. The number of hydrogen-bond acceptors (Lipinski definition) is 2. The lowest BCUT2D eigenvalue weighted by Gasteiger charge is -2.44. The monoisotopic (exact) mass is 292 g/mol. The van der Waals surface area contributed by atoms with Gasteiger partial charge < -0.3 is 5.32 Å². The number of rotatable bonds is 3. The van der Waals surface area contributed by atoms with Gasteiger partial charge in [-0.15, -0.1) is 0 Å². The van der Waals surface area contributed by atoms with Crippen LogP contribution in [-0.2, 0) is 11.8 Å². The Kier molecular flexibility index (Phi) is 3.48. The summed E-state index contributed by atoms with van der Waals surface area (Å²) in [6.07, 6.45) is 4.36. The molecule has 1 aromatic heterocycles. The van der Waals surface area contributed by atoms with Gasteiger partial charge in [-0.1, -0.05) is 41.4 Å². The van der Waals surface area contributed by atoms with Crippen molar-refractivity contribution in [3.63, 3.8) is 0 Å². The van der Waals surface area contributed by atoms with Gasteiger partial charge in [0, 0.05) is 35.9 Å². The first-order chi connectivity index (χ1) is 9.21. The lowest BCUT2D eigenvalue weighted by atomic mass is 9.71. The van der Waals surface area contributed by atoms with Gasteiger partial charge in [0.2, 0.25) is 0 Å². The molecule has 0 atom stereocenters. The van der Waals surface area contributed by atoms with E-state index in [1.54, 1.807) is 12.4 Å². The van der Waals surface area contributed by atoms with E-state index in [1.807, 2.05) is 24.3 Å². The zero-order chi connectivity index (χ0) is 13.3. The average Bonchev–Trinajstić information content (AvgIpc) is 2.37. The Morgan fingerprint density at radius 3 is 2.53 bits per heavy atom. The number of aromatic nitrogens is 1. The molecule has 4 heteroatoms. The van der Waals surface area contributed by atoms with E-state index >= 15 is 0 Å². The van der Waals surface area contributed by atoms with Crippen molar-refractivity contribution >= 4 is 23.2 Å². The predicted octanol–water partition coefficient (Wildman–Crippen LogP) is 3.47. The minimum atomic E-state index is 0.0450. The molecule has 1 fully saturated rings. The van der Waals surface area contributed by atoms with E-state index < -0.39 is 0 Å². The molecular formula is C15H14Cl2N2. The molecule has 1 aliphatic heterocycles. The van der Waals surface area contributed by atoms with E-state index in [4.69, 9.17) is 23.2 Å². The second-order valence-electron chi connectivity index (χ2n) is 5.01. The number of hydrogen-bond donors (Lipinski definition) is 1. The fourth-order valence-electron chi connectivity index (χ4n) is 2.64. The van der Waals surface area contributed by atoms with Crippen molar-refractivity contribution in [2.75, 3.05) is 13.1 Å². The summed E-state index contributed by atoms with van der Waals surface area (Å²) in [5.41, 5.74) is 2.37. The molecule has 0 saturated carbocycles. The fourth-order valence-corrected chi connectivity index (χ4v) is 3.16. The van der Waals surface area contributed by atoms with Gasteiger partial charge in [0.15, 0.2) is 0 Å². The van der Waals surface area contributed by atoms with Crippen LogP contribution < -0.4 is 5.32 Å². The quantitative estimate of drug-likeness (QED) is 0.937. The maximum atomic E-state index is 6.35. The van der Waals surface area contributed by atoms with Crippen LogP contribution in [0.3, 0.4) is 0 Å². The first-order valence-corrected chi connectivity index (χ1v) is 7.01. The molecule has 1 aromatic carbocycles. The molecule has 0 spiro atoms. The van der Waals surface area contributed by atoms with Crippen LogP contribution in [0.4, 0.5) is 0 Å². The highest BCUT2D eigenvalue weighted by Crippen LogP contribution is 2.37. The minimum absolute atomic E-state index is 0.0450. The third-order valence-electron chi connectivity index (χ3n) is 3.76. The highest BCUT2D eigenvalue weighted by Gasteiger charge is 2.40. The van der Waals surface area contributed by atoms with Gasteiger partial charge in [-0.05, 0) is 29.7 Å². The Bertz CT molecular complexity index is 594. The van der Waals surface area contributed by atoms with E-state index in [9.17, 15) is 0 Å². The van der Waals surface area contributed by atoms with Crippen LogP contribution in [0.1, 0.15) is 11.1 Å². The van der Waals surface area contributed by atoms with Gasteiger partial charge in [0.25, 0.3) is 0 Å². The standard InChI is InChI=1S/C15H14Cl2N2/c16-13-4-2-1-3-12(13)15(9-19-10-15)7-11-5-6-18-8-14(11)17/h1-6,8,19H,7,9-10H2. The van der Waals surface area contributed by atoms with Crippen LogP contribution in [0, 0.1) is 0 Å². The maximum absolute atomic E-state index is 6.35. The summed E-state index contributed by atoms with van der Waals surface area (Å²) in [6.45, 7) is 1.85. The van der Waals surface area contributed by atoms with Crippen LogP contribution >= 0.6 is 23.2 Å². The van der Waals surface area contributed by atoms with Gasteiger partial charge in [0.05, 0.1) is 5.02 Å². The van der Waals surface area contributed by atoms with Gasteiger partial charge in [-0.3, -0.25) is 4.98 Å². The molecule has 19 heavy (non-hydrogen) atoms. The minimum Gasteiger partial charge on any atom is -0.315 e. The van der Waals surface area contributed by atoms with E-state index in [0.29, 0.717) is 0 Å². The number of pyridine rings is 1. The molecule has 0 aliphatic carbocycles. The number of nitrogens with one attached hydrogen (secondary N) is 1. The molecule has 2 heterocycles. The molecule has 98 valence electrons. The Labute approximate surface area is 122 Å². The first kappa shape index (κ1) is 12.9. The SMILES string of the molecule is Clc1cnccc1CC1(c2ccccc2Cl)CNC1. The smallest absolute Gasteiger partial charge is 0.0621 e. The van der Waals surface area contributed by atoms with Gasteiger partial charge in [0.1, 0.15) is 0 Å². The van der Waals surface area contributed by atoms with Crippen LogP contribution in [-0.4, -0.2) is 18.1 Å². The number of benzene rings is 1. The maximum Gasteiger partial charge on any atom is 0.0621 e. The van der Waals surface area contributed by atoms with E-state index in [2.05, 4.69) is 16.4 Å². The highest BCUT2D eigenvalue weighted by atomic mass is 35.5. The van der Waals surface area contributed by atoms with E-state index in [0.717, 1.165) is 35.1 Å². The molecule has 2 nitrogen and oxygen atoms in total. The zero-order valence-electron chi connectivity index (χ0n) is 10.4. The molecule has 1 aliphatic rings. The normalized spacial score (nSPS) is 16.9. The average molecular weight is 293 g/mol. The van der Waals surface area contributed by atoms with Crippen molar-refractivity contribution in [2.24, 2.45) is 0 Å². The summed E-state index contributed by atoms with van der Waals surface area (Å²) in [5, 5.41) is 4.90. The summed E-state index contributed by atoms with van der Waals surface area (Å²) in [6, 6.07) is 10.0. The van der Waals surface area contributed by atoms with Gasteiger partial charge in [-0.25, -0.2) is 0 Å². The summed E-state index contributed by atoms with van der Waals surface area (Å²) >= 11 is 12.6. The number of halogens is 2. The molecule has 0 unspecified atom stereocenters. The lowest BCUT2D eigenvalue weighted by molar-refractivity contribution is 0.275. The van der Waals surface area contributed by atoms with Crippen LogP contribution in [0.5, 0.6) is 0 Å². The first-order valence-electron chi connectivity index (χ1n) is 6.25. The molecule has 0 amide bonds.